The fourth-order valence-electron chi connectivity index (χ4n) is 1.81. The first-order valence-electron chi connectivity index (χ1n) is 5.80. The molecular formula is C13H21N3. The molecule has 0 heterocycles. The van der Waals surface area contributed by atoms with Crippen molar-refractivity contribution in [3.8, 4) is 0 Å². The molecule has 0 radical (unpaired) electrons. The summed E-state index contributed by atoms with van der Waals surface area (Å²) in [7, 11) is 0. The third kappa shape index (κ3) is 3.35. The summed E-state index contributed by atoms with van der Waals surface area (Å²) in [6.07, 6.45) is 0. The minimum Gasteiger partial charge on any atom is -0.387 e. The highest BCUT2D eigenvalue weighted by molar-refractivity contribution is 5.84. The maximum Gasteiger partial charge on any atom is 0.0995 e. The standard InChI is InChI=1S/C13H21N3/c1-3-16(4-2)10-12(13(14)15)11-8-6-5-7-9-11/h5-9,12H,3-4,10H2,1-2H3,(H3,14,15). The second-order valence-electron chi connectivity index (χ2n) is 3.90. The summed E-state index contributed by atoms with van der Waals surface area (Å²) in [6, 6.07) is 10.0. The van der Waals surface area contributed by atoms with Crippen molar-refractivity contribution in [1.29, 1.82) is 5.41 Å². The van der Waals surface area contributed by atoms with Gasteiger partial charge in [-0.05, 0) is 18.7 Å². The average Bonchev–Trinajstić information content (AvgIpc) is 2.31. The third-order valence-corrected chi connectivity index (χ3v) is 2.91. The molecule has 1 unspecified atom stereocenters. The zero-order chi connectivity index (χ0) is 12.0. The molecule has 1 aromatic rings. The summed E-state index contributed by atoms with van der Waals surface area (Å²) in [5.41, 5.74) is 6.81. The average molecular weight is 219 g/mol. The molecule has 0 aliphatic heterocycles. The van der Waals surface area contributed by atoms with E-state index < -0.39 is 0 Å². The normalized spacial score (nSPS) is 12.7. The monoisotopic (exact) mass is 219 g/mol. The number of rotatable bonds is 6. The first-order valence-corrected chi connectivity index (χ1v) is 5.80. The Bertz CT molecular complexity index is 317. The molecule has 3 nitrogen and oxygen atoms in total. The molecule has 0 saturated carbocycles. The molecule has 0 aliphatic carbocycles. The van der Waals surface area contributed by atoms with Gasteiger partial charge in [0.2, 0.25) is 0 Å². The number of hydrogen-bond donors (Lipinski definition) is 2. The van der Waals surface area contributed by atoms with Crippen LogP contribution >= 0.6 is 0 Å². The second-order valence-corrected chi connectivity index (χ2v) is 3.90. The Balaban J connectivity index is 2.80. The molecule has 3 N–H and O–H groups in total. The van der Waals surface area contributed by atoms with E-state index in [2.05, 4.69) is 18.7 Å². The summed E-state index contributed by atoms with van der Waals surface area (Å²) in [4.78, 5) is 2.29. The molecule has 0 saturated heterocycles. The van der Waals surface area contributed by atoms with Crippen molar-refractivity contribution in [3.63, 3.8) is 0 Å². The minimum absolute atomic E-state index is 0.0149. The highest BCUT2D eigenvalue weighted by Gasteiger charge is 2.16. The van der Waals surface area contributed by atoms with E-state index in [1.54, 1.807) is 0 Å². The van der Waals surface area contributed by atoms with Crippen LogP contribution in [0.1, 0.15) is 25.3 Å². The van der Waals surface area contributed by atoms with Gasteiger partial charge in [0.25, 0.3) is 0 Å². The molecule has 0 fully saturated rings. The lowest BCUT2D eigenvalue weighted by Gasteiger charge is -2.24. The number of benzene rings is 1. The first kappa shape index (κ1) is 12.7. The largest absolute Gasteiger partial charge is 0.387 e. The summed E-state index contributed by atoms with van der Waals surface area (Å²) >= 11 is 0. The van der Waals surface area contributed by atoms with Crippen LogP contribution in [0.3, 0.4) is 0 Å². The highest BCUT2D eigenvalue weighted by atomic mass is 15.1. The molecule has 1 rings (SSSR count). The number of nitrogens with zero attached hydrogens (tertiary/aromatic N) is 1. The molecule has 88 valence electrons. The van der Waals surface area contributed by atoms with Gasteiger partial charge in [0.1, 0.15) is 0 Å². The molecule has 1 aromatic carbocycles. The second kappa shape index (κ2) is 6.28. The Kier molecular flexibility index (Phi) is 4.99. The lowest BCUT2D eigenvalue weighted by Crippen LogP contribution is -2.34. The van der Waals surface area contributed by atoms with Gasteiger partial charge in [-0.2, -0.15) is 0 Å². The smallest absolute Gasteiger partial charge is 0.0995 e. The van der Waals surface area contributed by atoms with Crippen LogP contribution in [0.5, 0.6) is 0 Å². The zero-order valence-corrected chi connectivity index (χ0v) is 10.1. The molecule has 0 aromatic heterocycles. The SMILES string of the molecule is CCN(CC)CC(C(=N)N)c1ccccc1. The summed E-state index contributed by atoms with van der Waals surface area (Å²) in [5, 5.41) is 7.68. The van der Waals surface area contributed by atoms with Crippen molar-refractivity contribution in [2.45, 2.75) is 19.8 Å². The Labute approximate surface area is 97.8 Å². The number of likely N-dealkylation sites (N-methyl/N-ethyl adjacent to an activating group) is 1. The fourth-order valence-corrected chi connectivity index (χ4v) is 1.81. The topological polar surface area (TPSA) is 53.1 Å². The number of nitrogens with two attached hydrogens (primary N) is 1. The third-order valence-electron chi connectivity index (χ3n) is 2.91. The van der Waals surface area contributed by atoms with E-state index in [0.717, 1.165) is 25.2 Å². The van der Waals surface area contributed by atoms with E-state index in [9.17, 15) is 0 Å². The van der Waals surface area contributed by atoms with E-state index >= 15 is 0 Å². The molecular weight excluding hydrogens is 198 g/mol. The van der Waals surface area contributed by atoms with Gasteiger partial charge in [-0.1, -0.05) is 44.2 Å². The van der Waals surface area contributed by atoms with Gasteiger partial charge in [0.05, 0.1) is 11.8 Å². The van der Waals surface area contributed by atoms with Gasteiger partial charge in [-0.3, -0.25) is 5.41 Å². The van der Waals surface area contributed by atoms with Gasteiger partial charge in [-0.15, -0.1) is 0 Å². The van der Waals surface area contributed by atoms with E-state index in [1.807, 2.05) is 30.3 Å². The predicted molar refractivity (Wildman–Crippen MR) is 68.9 cm³/mol. The van der Waals surface area contributed by atoms with Gasteiger partial charge in [0, 0.05) is 6.54 Å². The lowest BCUT2D eigenvalue weighted by molar-refractivity contribution is 0.300. The van der Waals surface area contributed by atoms with E-state index in [4.69, 9.17) is 11.1 Å². The van der Waals surface area contributed by atoms with Crippen molar-refractivity contribution in [2.75, 3.05) is 19.6 Å². The first-order chi connectivity index (χ1) is 7.69. The quantitative estimate of drug-likeness (QED) is 0.568. The van der Waals surface area contributed by atoms with E-state index in [-0.39, 0.29) is 11.8 Å². The van der Waals surface area contributed by atoms with Crippen molar-refractivity contribution >= 4 is 5.84 Å². The maximum atomic E-state index is 7.68. The molecule has 3 heteroatoms. The fraction of sp³-hybridized carbons (Fsp3) is 0.462. The molecule has 0 amide bonds. The Morgan fingerprint density at radius 2 is 1.81 bits per heavy atom. The van der Waals surface area contributed by atoms with Crippen LogP contribution in [0.25, 0.3) is 0 Å². The molecule has 16 heavy (non-hydrogen) atoms. The van der Waals surface area contributed by atoms with Crippen molar-refractivity contribution in [3.05, 3.63) is 35.9 Å². The maximum absolute atomic E-state index is 7.68. The van der Waals surface area contributed by atoms with Gasteiger partial charge >= 0.3 is 0 Å². The highest BCUT2D eigenvalue weighted by Crippen LogP contribution is 2.16. The van der Waals surface area contributed by atoms with Crippen LogP contribution in [-0.2, 0) is 0 Å². The van der Waals surface area contributed by atoms with Gasteiger partial charge < -0.3 is 10.6 Å². The van der Waals surface area contributed by atoms with Crippen LogP contribution < -0.4 is 5.73 Å². The lowest BCUT2D eigenvalue weighted by atomic mass is 9.97. The molecule has 0 spiro atoms. The van der Waals surface area contributed by atoms with Crippen molar-refractivity contribution in [1.82, 2.24) is 4.90 Å². The summed E-state index contributed by atoms with van der Waals surface area (Å²) in [5.74, 6) is 0.263. The number of nitrogens with one attached hydrogen (secondary N) is 1. The predicted octanol–water partition coefficient (Wildman–Crippen LogP) is 2.05. The van der Waals surface area contributed by atoms with Crippen LogP contribution in [-0.4, -0.2) is 30.4 Å². The Morgan fingerprint density at radius 1 is 1.25 bits per heavy atom. The minimum atomic E-state index is 0.0149. The number of amidine groups is 1. The van der Waals surface area contributed by atoms with Gasteiger partial charge in [-0.25, -0.2) is 0 Å². The van der Waals surface area contributed by atoms with E-state index in [0.29, 0.717) is 0 Å². The van der Waals surface area contributed by atoms with Crippen molar-refractivity contribution in [2.24, 2.45) is 5.73 Å². The zero-order valence-electron chi connectivity index (χ0n) is 10.1. The Morgan fingerprint density at radius 3 is 2.25 bits per heavy atom. The summed E-state index contributed by atoms with van der Waals surface area (Å²) < 4.78 is 0. The van der Waals surface area contributed by atoms with Crippen LogP contribution in [0.15, 0.2) is 30.3 Å². The molecule has 1 atom stereocenters. The van der Waals surface area contributed by atoms with Crippen LogP contribution in [0.2, 0.25) is 0 Å². The summed E-state index contributed by atoms with van der Waals surface area (Å²) in [6.45, 7) is 7.07. The van der Waals surface area contributed by atoms with Crippen LogP contribution in [0, 0.1) is 5.41 Å². The Hall–Kier alpha value is -1.35. The van der Waals surface area contributed by atoms with Gasteiger partial charge in [0.15, 0.2) is 0 Å². The van der Waals surface area contributed by atoms with Crippen molar-refractivity contribution < 1.29 is 0 Å². The van der Waals surface area contributed by atoms with Crippen LogP contribution in [0.4, 0.5) is 0 Å². The number of hydrogen-bond acceptors (Lipinski definition) is 2. The van der Waals surface area contributed by atoms with E-state index in [1.165, 1.54) is 0 Å². The molecule has 0 aliphatic rings. The molecule has 0 bridgehead atoms.